The van der Waals surface area contributed by atoms with Gasteiger partial charge < -0.3 is 19.6 Å². The second kappa shape index (κ2) is 6.05. The van der Waals surface area contributed by atoms with Crippen molar-refractivity contribution >= 4 is 23.5 Å². The molecule has 1 aromatic rings. The smallest absolute Gasteiger partial charge is 0.319 e. The van der Waals surface area contributed by atoms with E-state index in [1.165, 1.54) is 11.8 Å². The molecule has 9 heteroatoms. The van der Waals surface area contributed by atoms with Crippen molar-refractivity contribution in [2.75, 3.05) is 45.2 Å². The summed E-state index contributed by atoms with van der Waals surface area (Å²) >= 11 is 0. The minimum absolute atomic E-state index is 0.0220. The molecule has 2 aliphatic heterocycles. The minimum atomic E-state index is -0.554. The van der Waals surface area contributed by atoms with Gasteiger partial charge in [0.05, 0.1) is 24.0 Å². The average molecular weight is 348 g/mol. The summed E-state index contributed by atoms with van der Waals surface area (Å²) in [6.07, 6.45) is 4.08. The van der Waals surface area contributed by atoms with Crippen molar-refractivity contribution in [1.82, 2.24) is 24.5 Å². The van der Waals surface area contributed by atoms with Gasteiger partial charge in [0.25, 0.3) is 0 Å². The zero-order chi connectivity index (χ0) is 18.4. The van der Waals surface area contributed by atoms with Crippen LogP contribution in [0.25, 0.3) is 0 Å². The van der Waals surface area contributed by atoms with Crippen molar-refractivity contribution in [1.29, 1.82) is 0 Å². The first kappa shape index (κ1) is 17.2. The highest BCUT2D eigenvalue weighted by atomic mass is 16.2. The van der Waals surface area contributed by atoms with Crippen LogP contribution in [0.4, 0.5) is 10.5 Å². The monoisotopic (exact) mass is 348 g/mol. The summed E-state index contributed by atoms with van der Waals surface area (Å²) in [6.45, 7) is 2.86. The first-order valence-electron chi connectivity index (χ1n) is 8.27. The zero-order valence-electron chi connectivity index (χ0n) is 15.1. The van der Waals surface area contributed by atoms with Crippen LogP contribution in [-0.2, 0) is 16.6 Å². The van der Waals surface area contributed by atoms with Gasteiger partial charge >= 0.3 is 6.03 Å². The first-order valence-corrected chi connectivity index (χ1v) is 8.27. The van der Waals surface area contributed by atoms with Crippen LogP contribution in [0.15, 0.2) is 12.4 Å². The Morgan fingerprint density at radius 3 is 2.56 bits per heavy atom. The Bertz CT molecular complexity index is 714. The molecule has 1 aromatic heterocycles. The summed E-state index contributed by atoms with van der Waals surface area (Å²) in [6, 6.07) is -0.0785. The zero-order valence-corrected chi connectivity index (χ0v) is 15.1. The molecule has 0 radical (unpaired) electrons. The molecule has 0 N–H and O–H groups in total. The van der Waals surface area contributed by atoms with E-state index in [1.807, 2.05) is 0 Å². The topological polar surface area (TPSA) is 82.0 Å². The highest BCUT2D eigenvalue weighted by Gasteiger charge is 2.51. The maximum absolute atomic E-state index is 12.6. The number of carbonyl (C=O) groups is 3. The van der Waals surface area contributed by atoms with Crippen LogP contribution in [0.5, 0.6) is 0 Å². The molecular formula is C16H24N6O3. The van der Waals surface area contributed by atoms with Gasteiger partial charge in [0.1, 0.15) is 6.54 Å². The molecule has 1 spiro atoms. The van der Waals surface area contributed by atoms with Crippen LogP contribution in [0.3, 0.4) is 0 Å². The summed E-state index contributed by atoms with van der Waals surface area (Å²) < 4.78 is 1.64. The molecule has 2 aliphatic rings. The normalized spacial score (nSPS) is 23.5. The molecule has 0 saturated carbocycles. The quantitative estimate of drug-likeness (QED) is 0.700. The fourth-order valence-corrected chi connectivity index (χ4v) is 3.74. The Labute approximate surface area is 146 Å². The number of carbonyl (C=O) groups excluding carboxylic acids is 3. The standard InChI is InChI=1S/C16H24N6O3/c1-12(23)22-9-14(24)21(13-7-17-19(4)8-13)11-16(22)5-6-20(10-16)15(25)18(2)3/h7-8H,5-6,9-11H2,1-4H3/t16-/m1/s1. The third-order valence-electron chi connectivity index (χ3n) is 4.99. The van der Waals surface area contributed by atoms with Gasteiger partial charge in [-0.3, -0.25) is 14.3 Å². The summed E-state index contributed by atoms with van der Waals surface area (Å²) in [5.41, 5.74) is 0.161. The number of hydrogen-bond donors (Lipinski definition) is 0. The van der Waals surface area contributed by atoms with Crippen molar-refractivity contribution in [2.24, 2.45) is 7.05 Å². The molecule has 136 valence electrons. The van der Waals surface area contributed by atoms with Crippen molar-refractivity contribution < 1.29 is 14.4 Å². The molecular weight excluding hydrogens is 324 g/mol. The number of rotatable bonds is 1. The minimum Gasteiger partial charge on any atom is -0.331 e. The van der Waals surface area contributed by atoms with Crippen molar-refractivity contribution in [3.8, 4) is 0 Å². The van der Waals surface area contributed by atoms with Gasteiger partial charge in [0.15, 0.2) is 0 Å². The van der Waals surface area contributed by atoms with E-state index in [-0.39, 0.29) is 24.4 Å². The van der Waals surface area contributed by atoms with E-state index in [2.05, 4.69) is 5.10 Å². The van der Waals surface area contributed by atoms with Gasteiger partial charge in [-0.25, -0.2) is 4.79 Å². The van der Waals surface area contributed by atoms with Gasteiger partial charge in [-0.1, -0.05) is 0 Å². The molecule has 9 nitrogen and oxygen atoms in total. The Hall–Kier alpha value is -2.58. The van der Waals surface area contributed by atoms with E-state index < -0.39 is 5.54 Å². The molecule has 2 fully saturated rings. The molecule has 4 amide bonds. The van der Waals surface area contributed by atoms with E-state index in [0.717, 1.165) is 0 Å². The fraction of sp³-hybridized carbons (Fsp3) is 0.625. The number of nitrogens with zero attached hydrogens (tertiary/aromatic N) is 6. The third-order valence-corrected chi connectivity index (χ3v) is 4.99. The Kier molecular flexibility index (Phi) is 4.18. The van der Waals surface area contributed by atoms with Crippen LogP contribution in [0.1, 0.15) is 13.3 Å². The van der Waals surface area contributed by atoms with Gasteiger partial charge in [0.2, 0.25) is 11.8 Å². The maximum Gasteiger partial charge on any atom is 0.319 e. The van der Waals surface area contributed by atoms with Crippen LogP contribution < -0.4 is 4.90 Å². The molecule has 0 aromatic carbocycles. The second-order valence-electron chi connectivity index (χ2n) is 7.03. The summed E-state index contributed by atoms with van der Waals surface area (Å²) in [5.74, 6) is -0.274. The van der Waals surface area contributed by atoms with E-state index in [9.17, 15) is 14.4 Å². The van der Waals surface area contributed by atoms with Gasteiger partial charge in [-0.15, -0.1) is 0 Å². The molecule has 3 heterocycles. The number of urea groups is 1. The van der Waals surface area contributed by atoms with E-state index in [4.69, 9.17) is 0 Å². The predicted molar refractivity (Wildman–Crippen MR) is 91.0 cm³/mol. The maximum atomic E-state index is 12.6. The van der Waals surface area contributed by atoms with Crippen LogP contribution >= 0.6 is 0 Å². The average Bonchev–Trinajstić information content (AvgIpc) is 3.15. The number of piperazine rings is 1. The number of likely N-dealkylation sites (tertiary alicyclic amines) is 1. The lowest BCUT2D eigenvalue weighted by atomic mass is 9.92. The molecule has 3 rings (SSSR count). The number of aromatic nitrogens is 2. The van der Waals surface area contributed by atoms with E-state index in [0.29, 0.717) is 31.7 Å². The summed E-state index contributed by atoms with van der Waals surface area (Å²) in [7, 11) is 5.22. The lowest BCUT2D eigenvalue weighted by molar-refractivity contribution is -0.142. The highest BCUT2D eigenvalue weighted by Crippen LogP contribution is 2.34. The lowest BCUT2D eigenvalue weighted by Gasteiger charge is -2.47. The third kappa shape index (κ3) is 2.94. The van der Waals surface area contributed by atoms with Gasteiger partial charge in [-0.2, -0.15) is 5.10 Å². The van der Waals surface area contributed by atoms with E-state index >= 15 is 0 Å². The Morgan fingerprint density at radius 2 is 2.00 bits per heavy atom. The predicted octanol–water partition coefficient (Wildman–Crippen LogP) is -0.259. The second-order valence-corrected chi connectivity index (χ2v) is 7.03. The summed E-state index contributed by atoms with van der Waals surface area (Å²) in [4.78, 5) is 43.7. The van der Waals surface area contributed by atoms with Crippen LogP contribution in [-0.4, -0.2) is 88.1 Å². The first-order chi connectivity index (χ1) is 11.7. The number of aryl methyl sites for hydroxylation is 1. The van der Waals surface area contributed by atoms with E-state index in [1.54, 1.807) is 52.9 Å². The number of hydrogen-bond acceptors (Lipinski definition) is 4. The number of amides is 4. The van der Waals surface area contributed by atoms with Gasteiger partial charge in [-0.05, 0) is 6.42 Å². The molecule has 25 heavy (non-hydrogen) atoms. The number of anilines is 1. The lowest BCUT2D eigenvalue weighted by Crippen LogP contribution is -2.67. The SMILES string of the molecule is CC(=O)N1CC(=O)N(c2cnn(C)c2)C[C@]12CCN(C(=O)N(C)C)C2. The van der Waals surface area contributed by atoms with Crippen molar-refractivity contribution in [3.63, 3.8) is 0 Å². The Balaban J connectivity index is 1.90. The molecule has 0 bridgehead atoms. The molecule has 0 aliphatic carbocycles. The Morgan fingerprint density at radius 1 is 1.28 bits per heavy atom. The molecule has 0 unspecified atom stereocenters. The van der Waals surface area contributed by atoms with Gasteiger partial charge in [0, 0.05) is 47.4 Å². The van der Waals surface area contributed by atoms with Crippen LogP contribution in [0, 0.1) is 0 Å². The fourth-order valence-electron chi connectivity index (χ4n) is 3.74. The molecule has 2 saturated heterocycles. The van der Waals surface area contributed by atoms with Crippen molar-refractivity contribution in [3.05, 3.63) is 12.4 Å². The molecule has 1 atom stereocenters. The van der Waals surface area contributed by atoms with Crippen molar-refractivity contribution in [2.45, 2.75) is 18.9 Å². The largest absolute Gasteiger partial charge is 0.331 e. The highest BCUT2D eigenvalue weighted by molar-refractivity contribution is 5.98. The summed E-state index contributed by atoms with van der Waals surface area (Å²) in [5, 5.41) is 4.13. The van der Waals surface area contributed by atoms with Crippen LogP contribution in [0.2, 0.25) is 0 Å².